The Morgan fingerprint density at radius 3 is 2.05 bits per heavy atom. The van der Waals surface area contributed by atoms with E-state index in [4.69, 9.17) is 23.2 Å². The zero-order chi connectivity index (χ0) is 30.2. The number of carbonyl (C=O) groups is 2. The van der Waals surface area contributed by atoms with Gasteiger partial charge in [-0.15, -0.1) is 0 Å². The van der Waals surface area contributed by atoms with Gasteiger partial charge in [0.1, 0.15) is 12.6 Å². The van der Waals surface area contributed by atoms with E-state index >= 15 is 0 Å². The summed E-state index contributed by atoms with van der Waals surface area (Å²) >= 11 is 12.4. The smallest absolute Gasteiger partial charge is 0.264 e. The molecule has 0 aliphatic carbocycles. The molecule has 0 heterocycles. The summed E-state index contributed by atoms with van der Waals surface area (Å²) in [4.78, 5) is 29.0. The Bertz CT molecular complexity index is 1430. The maximum absolute atomic E-state index is 14.1. The van der Waals surface area contributed by atoms with Crippen molar-refractivity contribution in [2.45, 2.75) is 70.5 Å². The average Bonchev–Trinajstić information content (AvgIpc) is 2.97. The first-order valence-corrected chi connectivity index (χ1v) is 15.9. The minimum atomic E-state index is -4.12. The number of hydrogen-bond acceptors (Lipinski definition) is 4. The van der Waals surface area contributed by atoms with E-state index in [2.05, 4.69) is 5.32 Å². The van der Waals surface area contributed by atoms with E-state index in [-0.39, 0.29) is 23.4 Å². The molecule has 41 heavy (non-hydrogen) atoms. The maximum Gasteiger partial charge on any atom is 0.264 e. The zero-order valence-electron chi connectivity index (χ0n) is 23.8. The van der Waals surface area contributed by atoms with Crippen LogP contribution in [0.25, 0.3) is 0 Å². The number of rotatable bonds is 13. The minimum absolute atomic E-state index is 0.0378. The van der Waals surface area contributed by atoms with Gasteiger partial charge in [-0.25, -0.2) is 8.42 Å². The van der Waals surface area contributed by atoms with Crippen LogP contribution >= 0.6 is 23.2 Å². The molecule has 0 aliphatic rings. The molecule has 0 saturated carbocycles. The van der Waals surface area contributed by atoms with Crippen molar-refractivity contribution < 1.29 is 18.0 Å². The minimum Gasteiger partial charge on any atom is -0.352 e. The molecule has 0 unspecified atom stereocenters. The van der Waals surface area contributed by atoms with Gasteiger partial charge in [0.25, 0.3) is 10.0 Å². The summed E-state index contributed by atoms with van der Waals surface area (Å²) in [5.74, 6) is -0.832. The Morgan fingerprint density at radius 2 is 1.49 bits per heavy atom. The molecular weight excluding hydrogens is 581 g/mol. The van der Waals surface area contributed by atoms with Crippen LogP contribution in [0.2, 0.25) is 10.0 Å². The summed E-state index contributed by atoms with van der Waals surface area (Å²) in [5.41, 5.74) is 2.05. The van der Waals surface area contributed by atoms with Crippen molar-refractivity contribution >= 4 is 50.7 Å². The van der Waals surface area contributed by atoms with Crippen LogP contribution in [0, 0.1) is 0 Å². The highest BCUT2D eigenvalue weighted by atomic mass is 35.5. The van der Waals surface area contributed by atoms with Crippen LogP contribution in [0.15, 0.2) is 77.7 Å². The number of nitrogens with one attached hydrogen (secondary N) is 1. The SMILES string of the molecule is CCc1ccc(N(CC(=O)N(Cc2ccc(Cl)c(Cl)c2)[C@H](CC)C(=O)N[C@H](C)CC)S(=O)(=O)c2ccccc2)cc1. The summed E-state index contributed by atoms with van der Waals surface area (Å²) < 4.78 is 28.9. The third kappa shape index (κ3) is 8.24. The van der Waals surface area contributed by atoms with Crippen molar-refractivity contribution in [3.63, 3.8) is 0 Å². The molecule has 1 N–H and O–H groups in total. The Balaban J connectivity index is 2.06. The second-order valence-corrected chi connectivity index (χ2v) is 12.5. The number of carbonyl (C=O) groups excluding carboxylic acids is 2. The monoisotopic (exact) mass is 617 g/mol. The first-order chi connectivity index (χ1) is 19.5. The lowest BCUT2D eigenvalue weighted by Crippen LogP contribution is -2.53. The lowest BCUT2D eigenvalue weighted by atomic mass is 10.1. The number of aryl methyl sites for hydroxylation is 1. The van der Waals surface area contributed by atoms with E-state index in [9.17, 15) is 18.0 Å². The molecule has 7 nitrogen and oxygen atoms in total. The van der Waals surface area contributed by atoms with E-state index in [1.54, 1.807) is 48.5 Å². The van der Waals surface area contributed by atoms with Gasteiger partial charge in [-0.05, 0) is 73.7 Å². The summed E-state index contributed by atoms with van der Waals surface area (Å²) in [6.45, 7) is 7.21. The molecule has 2 atom stereocenters. The third-order valence-corrected chi connectivity index (χ3v) is 9.49. The molecule has 0 saturated heterocycles. The average molecular weight is 619 g/mol. The van der Waals surface area contributed by atoms with Gasteiger partial charge < -0.3 is 10.2 Å². The van der Waals surface area contributed by atoms with Crippen LogP contribution in [0.1, 0.15) is 51.7 Å². The highest BCUT2D eigenvalue weighted by Gasteiger charge is 2.34. The highest BCUT2D eigenvalue weighted by Crippen LogP contribution is 2.27. The van der Waals surface area contributed by atoms with Crippen molar-refractivity contribution in [1.29, 1.82) is 0 Å². The van der Waals surface area contributed by atoms with Crippen LogP contribution in [0.3, 0.4) is 0 Å². The first kappa shape index (κ1) is 32.4. The molecule has 3 aromatic carbocycles. The number of anilines is 1. The van der Waals surface area contributed by atoms with Gasteiger partial charge >= 0.3 is 0 Å². The maximum atomic E-state index is 14.1. The largest absolute Gasteiger partial charge is 0.352 e. The zero-order valence-corrected chi connectivity index (χ0v) is 26.1. The number of sulfonamides is 1. The third-order valence-electron chi connectivity index (χ3n) is 6.97. The molecule has 0 spiro atoms. The quantitative estimate of drug-likeness (QED) is 0.238. The Morgan fingerprint density at radius 1 is 0.854 bits per heavy atom. The van der Waals surface area contributed by atoms with Crippen molar-refractivity contribution in [3.8, 4) is 0 Å². The molecule has 0 aliphatic heterocycles. The van der Waals surface area contributed by atoms with Gasteiger partial charge in [-0.2, -0.15) is 0 Å². The molecule has 0 bridgehead atoms. The van der Waals surface area contributed by atoms with Gasteiger partial charge in [-0.1, -0.05) is 80.4 Å². The topological polar surface area (TPSA) is 86.8 Å². The van der Waals surface area contributed by atoms with Crippen molar-refractivity contribution in [1.82, 2.24) is 10.2 Å². The molecule has 10 heteroatoms. The molecule has 0 radical (unpaired) electrons. The first-order valence-electron chi connectivity index (χ1n) is 13.7. The summed E-state index contributed by atoms with van der Waals surface area (Å²) in [6.07, 6.45) is 1.83. The number of halogens is 2. The number of hydrogen-bond donors (Lipinski definition) is 1. The molecule has 3 aromatic rings. The van der Waals surface area contributed by atoms with Crippen LogP contribution in [0.5, 0.6) is 0 Å². The van der Waals surface area contributed by atoms with Gasteiger partial charge in [0, 0.05) is 12.6 Å². The van der Waals surface area contributed by atoms with Crippen LogP contribution in [-0.4, -0.2) is 43.8 Å². The molecule has 0 fully saturated rings. The predicted octanol–water partition coefficient (Wildman–Crippen LogP) is 6.47. The number of benzene rings is 3. The van der Waals surface area contributed by atoms with E-state index in [0.29, 0.717) is 27.7 Å². The molecule has 0 aromatic heterocycles. The van der Waals surface area contributed by atoms with Crippen LogP contribution in [-0.2, 0) is 32.6 Å². The van der Waals surface area contributed by atoms with Gasteiger partial charge in [-0.3, -0.25) is 13.9 Å². The van der Waals surface area contributed by atoms with Crippen molar-refractivity contribution in [2.75, 3.05) is 10.8 Å². The number of nitrogens with zero attached hydrogens (tertiary/aromatic N) is 2. The Labute approximate surface area is 253 Å². The van der Waals surface area contributed by atoms with Gasteiger partial charge in [0.05, 0.1) is 20.6 Å². The second-order valence-electron chi connectivity index (χ2n) is 9.86. The lowest BCUT2D eigenvalue weighted by Gasteiger charge is -2.33. The molecule has 220 valence electrons. The molecular formula is C31H37Cl2N3O4S. The summed E-state index contributed by atoms with van der Waals surface area (Å²) in [5, 5.41) is 3.65. The standard InChI is InChI=1S/C31H37Cl2N3O4S/c1-5-22(4)34-31(38)29(7-3)35(20-24-15-18-27(32)28(33)19-24)30(37)21-36(25-16-13-23(6-2)14-17-25)41(39,40)26-11-9-8-10-12-26/h8-19,22,29H,5-7,20-21H2,1-4H3,(H,34,38)/t22-,29-/m1/s1. The van der Waals surface area contributed by atoms with E-state index in [1.165, 1.54) is 17.0 Å². The van der Waals surface area contributed by atoms with Crippen molar-refractivity contribution in [2.24, 2.45) is 0 Å². The van der Waals surface area contributed by atoms with Gasteiger partial charge in [0.15, 0.2) is 0 Å². The van der Waals surface area contributed by atoms with Gasteiger partial charge in [0.2, 0.25) is 11.8 Å². The number of amides is 2. The second kappa shape index (κ2) is 14.7. The van der Waals surface area contributed by atoms with E-state index in [1.807, 2.05) is 39.8 Å². The summed E-state index contributed by atoms with van der Waals surface area (Å²) in [6, 6.07) is 19.1. The lowest BCUT2D eigenvalue weighted by molar-refractivity contribution is -0.140. The fraction of sp³-hybridized carbons (Fsp3) is 0.355. The fourth-order valence-corrected chi connectivity index (χ4v) is 6.10. The Kier molecular flexibility index (Phi) is 11.6. The van der Waals surface area contributed by atoms with E-state index in [0.717, 1.165) is 22.7 Å². The summed E-state index contributed by atoms with van der Waals surface area (Å²) in [7, 11) is -4.12. The predicted molar refractivity (Wildman–Crippen MR) is 166 cm³/mol. The molecule has 2 amide bonds. The molecule has 3 rings (SSSR count). The fourth-order valence-electron chi connectivity index (χ4n) is 4.34. The Hall–Kier alpha value is -3.07. The van der Waals surface area contributed by atoms with Crippen LogP contribution in [0.4, 0.5) is 5.69 Å². The highest BCUT2D eigenvalue weighted by molar-refractivity contribution is 7.92. The normalized spacial score (nSPS) is 12.8. The van der Waals surface area contributed by atoms with Crippen LogP contribution < -0.4 is 9.62 Å². The van der Waals surface area contributed by atoms with E-state index < -0.39 is 28.5 Å². The van der Waals surface area contributed by atoms with Crippen molar-refractivity contribution in [3.05, 3.63) is 94.0 Å².